The topological polar surface area (TPSA) is 67.2 Å². The van der Waals surface area contributed by atoms with Gasteiger partial charge in [-0.25, -0.2) is 0 Å². The number of hydrogen-bond donors (Lipinski definition) is 2. The van der Waals surface area contributed by atoms with E-state index in [1.165, 1.54) is 12.8 Å². The third-order valence-electron chi connectivity index (χ3n) is 3.77. The van der Waals surface area contributed by atoms with E-state index in [0.29, 0.717) is 31.1 Å². The maximum Gasteiger partial charge on any atom is 0.271 e. The smallest absolute Gasteiger partial charge is 0.271 e. The van der Waals surface area contributed by atoms with Gasteiger partial charge >= 0.3 is 0 Å². The van der Waals surface area contributed by atoms with Crippen LogP contribution in [0.1, 0.15) is 62.0 Å². The molecule has 1 aromatic rings. The Balaban J connectivity index is 1.82. The number of amides is 1. The number of carbonyl (C=O) groups is 1. The van der Waals surface area contributed by atoms with Crippen molar-refractivity contribution in [3.8, 4) is 0 Å². The molecule has 1 atom stereocenters. The summed E-state index contributed by atoms with van der Waals surface area (Å²) in [5.41, 5.74) is 0.470. The largest absolute Gasteiger partial charge is 0.393 e. The standard InChI is InChI=1S/C14H23N3O2/c1-2-12(18)7-9-15-14(19)13-8-10-17(16-13)11-5-3-4-6-11/h8,10-12,18H,2-7,9H2,1H3,(H,15,19). The molecule has 0 bridgehead atoms. The average molecular weight is 265 g/mol. The van der Waals surface area contributed by atoms with Gasteiger partial charge in [0, 0.05) is 12.7 Å². The Bertz CT molecular complexity index is 411. The molecule has 1 saturated carbocycles. The summed E-state index contributed by atoms with van der Waals surface area (Å²) in [7, 11) is 0. The van der Waals surface area contributed by atoms with Crippen LogP contribution >= 0.6 is 0 Å². The van der Waals surface area contributed by atoms with Crippen molar-refractivity contribution >= 4 is 5.91 Å². The fourth-order valence-corrected chi connectivity index (χ4v) is 2.48. The van der Waals surface area contributed by atoms with Crippen molar-refractivity contribution in [2.24, 2.45) is 0 Å². The molecule has 2 N–H and O–H groups in total. The van der Waals surface area contributed by atoms with Crippen LogP contribution < -0.4 is 5.32 Å². The summed E-state index contributed by atoms with van der Waals surface area (Å²) in [6.45, 7) is 2.42. The van der Waals surface area contributed by atoms with Crippen molar-refractivity contribution in [1.29, 1.82) is 0 Å². The second kappa shape index (κ2) is 6.70. The Kier molecular flexibility index (Phi) is 4.96. The minimum atomic E-state index is -0.337. The summed E-state index contributed by atoms with van der Waals surface area (Å²) >= 11 is 0. The first kappa shape index (κ1) is 14.1. The van der Waals surface area contributed by atoms with Gasteiger partial charge in [0.25, 0.3) is 5.91 Å². The predicted octanol–water partition coefficient (Wildman–Crippen LogP) is 1.89. The van der Waals surface area contributed by atoms with Crippen LogP contribution in [0.2, 0.25) is 0 Å². The lowest BCUT2D eigenvalue weighted by Gasteiger charge is -2.09. The SMILES string of the molecule is CCC(O)CCNC(=O)c1ccn(C2CCCC2)n1. The van der Waals surface area contributed by atoms with Crippen LogP contribution in [-0.2, 0) is 0 Å². The van der Waals surface area contributed by atoms with E-state index in [1.807, 2.05) is 17.8 Å². The molecule has 1 aromatic heterocycles. The summed E-state index contributed by atoms with van der Waals surface area (Å²) < 4.78 is 1.92. The number of aliphatic hydroxyl groups excluding tert-OH is 1. The highest BCUT2D eigenvalue weighted by Crippen LogP contribution is 2.28. The zero-order chi connectivity index (χ0) is 13.7. The Morgan fingerprint density at radius 2 is 2.32 bits per heavy atom. The van der Waals surface area contributed by atoms with E-state index in [-0.39, 0.29) is 12.0 Å². The first-order valence-corrected chi connectivity index (χ1v) is 7.22. The molecule has 1 fully saturated rings. The molecule has 1 aliphatic rings. The lowest BCUT2D eigenvalue weighted by molar-refractivity contribution is 0.0936. The summed E-state index contributed by atoms with van der Waals surface area (Å²) in [6, 6.07) is 2.23. The fourth-order valence-electron chi connectivity index (χ4n) is 2.48. The second-order valence-electron chi connectivity index (χ2n) is 5.23. The molecule has 0 spiro atoms. The maximum atomic E-state index is 11.9. The van der Waals surface area contributed by atoms with E-state index in [9.17, 15) is 9.90 Å². The van der Waals surface area contributed by atoms with Crippen molar-refractivity contribution in [2.45, 2.75) is 57.6 Å². The molecule has 1 aliphatic carbocycles. The summed E-state index contributed by atoms with van der Waals surface area (Å²) in [5.74, 6) is -0.153. The van der Waals surface area contributed by atoms with Crippen LogP contribution in [0.25, 0.3) is 0 Å². The first-order chi connectivity index (χ1) is 9.20. The van der Waals surface area contributed by atoms with Crippen molar-refractivity contribution in [1.82, 2.24) is 15.1 Å². The van der Waals surface area contributed by atoms with Gasteiger partial charge in [0.2, 0.25) is 0 Å². The highest BCUT2D eigenvalue weighted by atomic mass is 16.3. The number of nitrogens with zero attached hydrogens (tertiary/aromatic N) is 2. The molecule has 1 amide bonds. The predicted molar refractivity (Wildman–Crippen MR) is 73.0 cm³/mol. The van der Waals surface area contributed by atoms with Gasteiger partial charge < -0.3 is 10.4 Å². The van der Waals surface area contributed by atoms with Crippen molar-refractivity contribution in [3.05, 3.63) is 18.0 Å². The fraction of sp³-hybridized carbons (Fsp3) is 0.714. The Labute approximate surface area is 114 Å². The van der Waals surface area contributed by atoms with E-state index >= 15 is 0 Å². The molecular formula is C14H23N3O2. The lowest BCUT2D eigenvalue weighted by Crippen LogP contribution is -2.27. The quantitative estimate of drug-likeness (QED) is 0.825. The van der Waals surface area contributed by atoms with Crippen LogP contribution in [0.4, 0.5) is 0 Å². The summed E-state index contributed by atoms with van der Waals surface area (Å²) in [4.78, 5) is 11.9. The van der Waals surface area contributed by atoms with Crippen molar-refractivity contribution in [2.75, 3.05) is 6.54 Å². The summed E-state index contributed by atoms with van der Waals surface area (Å²) in [5, 5.41) is 16.6. The minimum Gasteiger partial charge on any atom is -0.393 e. The van der Waals surface area contributed by atoms with Gasteiger partial charge in [-0.1, -0.05) is 19.8 Å². The van der Waals surface area contributed by atoms with Gasteiger partial charge in [-0.15, -0.1) is 0 Å². The highest BCUT2D eigenvalue weighted by molar-refractivity contribution is 5.92. The van der Waals surface area contributed by atoms with Gasteiger partial charge in [-0.2, -0.15) is 5.10 Å². The minimum absolute atomic E-state index is 0.153. The monoisotopic (exact) mass is 265 g/mol. The zero-order valence-corrected chi connectivity index (χ0v) is 11.5. The van der Waals surface area contributed by atoms with Gasteiger partial charge in [-0.3, -0.25) is 9.48 Å². The Morgan fingerprint density at radius 3 is 3.00 bits per heavy atom. The van der Waals surface area contributed by atoms with E-state index in [2.05, 4.69) is 10.4 Å². The number of carbonyl (C=O) groups excluding carboxylic acids is 1. The number of hydrogen-bond acceptors (Lipinski definition) is 3. The average Bonchev–Trinajstić information content (AvgIpc) is 3.08. The molecular weight excluding hydrogens is 242 g/mol. The van der Waals surface area contributed by atoms with Crippen molar-refractivity contribution < 1.29 is 9.90 Å². The molecule has 19 heavy (non-hydrogen) atoms. The molecule has 2 rings (SSSR count). The van der Waals surface area contributed by atoms with Gasteiger partial charge in [0.05, 0.1) is 12.1 Å². The normalized spacial score (nSPS) is 17.6. The van der Waals surface area contributed by atoms with Crippen LogP contribution in [-0.4, -0.2) is 33.4 Å². The van der Waals surface area contributed by atoms with E-state index in [4.69, 9.17) is 0 Å². The third-order valence-corrected chi connectivity index (χ3v) is 3.77. The molecule has 0 radical (unpaired) electrons. The van der Waals surface area contributed by atoms with Gasteiger partial charge in [0.1, 0.15) is 5.69 Å². The molecule has 0 saturated heterocycles. The Morgan fingerprint density at radius 1 is 1.58 bits per heavy atom. The molecule has 1 unspecified atom stereocenters. The van der Waals surface area contributed by atoms with Crippen LogP contribution in [0.3, 0.4) is 0 Å². The second-order valence-corrected chi connectivity index (χ2v) is 5.23. The van der Waals surface area contributed by atoms with E-state index < -0.39 is 0 Å². The van der Waals surface area contributed by atoms with Gasteiger partial charge in [-0.05, 0) is 31.7 Å². The van der Waals surface area contributed by atoms with Crippen molar-refractivity contribution in [3.63, 3.8) is 0 Å². The zero-order valence-electron chi connectivity index (χ0n) is 11.5. The van der Waals surface area contributed by atoms with Gasteiger partial charge in [0.15, 0.2) is 0 Å². The third kappa shape index (κ3) is 3.80. The van der Waals surface area contributed by atoms with Crippen LogP contribution in [0.15, 0.2) is 12.3 Å². The first-order valence-electron chi connectivity index (χ1n) is 7.22. The summed E-state index contributed by atoms with van der Waals surface area (Å²) in [6.07, 6.45) is 7.68. The number of aliphatic hydroxyl groups is 1. The molecule has 0 aliphatic heterocycles. The molecule has 1 heterocycles. The van der Waals surface area contributed by atoms with E-state index in [1.54, 1.807) is 6.07 Å². The maximum absolute atomic E-state index is 11.9. The van der Waals surface area contributed by atoms with E-state index in [0.717, 1.165) is 12.8 Å². The number of aromatic nitrogens is 2. The lowest BCUT2D eigenvalue weighted by atomic mass is 10.2. The Hall–Kier alpha value is -1.36. The number of rotatable bonds is 6. The molecule has 5 heteroatoms. The molecule has 0 aromatic carbocycles. The molecule has 106 valence electrons. The highest BCUT2D eigenvalue weighted by Gasteiger charge is 2.19. The van der Waals surface area contributed by atoms with Crippen LogP contribution in [0.5, 0.6) is 0 Å². The van der Waals surface area contributed by atoms with Crippen LogP contribution in [0, 0.1) is 0 Å². The molecule has 5 nitrogen and oxygen atoms in total. The number of nitrogens with one attached hydrogen (secondary N) is 1.